The summed E-state index contributed by atoms with van der Waals surface area (Å²) < 4.78 is 19.1. The van der Waals surface area contributed by atoms with Crippen LogP contribution in [0.1, 0.15) is 5.56 Å². The summed E-state index contributed by atoms with van der Waals surface area (Å²) in [6.07, 6.45) is 0. The molecule has 1 aliphatic heterocycles. The van der Waals surface area contributed by atoms with Crippen LogP contribution < -0.4 is 10.6 Å². The molecule has 2 rings (SSSR count). The van der Waals surface area contributed by atoms with E-state index in [0.717, 1.165) is 24.3 Å². The number of nitrogen functional groups attached to an aromatic ring is 1. The van der Waals surface area contributed by atoms with Gasteiger partial charge in [0.1, 0.15) is 13.9 Å². The molecule has 3 nitrogen and oxygen atoms in total. The molecule has 0 saturated carbocycles. The van der Waals surface area contributed by atoms with Gasteiger partial charge in [-0.3, -0.25) is 0 Å². The monoisotopic (exact) mass is 292 g/mol. The lowest BCUT2D eigenvalue weighted by Crippen LogP contribution is -2.36. The van der Waals surface area contributed by atoms with Gasteiger partial charge >= 0.3 is 0 Å². The van der Waals surface area contributed by atoms with Gasteiger partial charge in [0.2, 0.25) is 0 Å². The first-order valence-electron chi connectivity index (χ1n) is 6.82. The number of benzene rings is 1. The Labute approximate surface area is 120 Å². The number of rotatable bonds is 1. The molecule has 0 unspecified atom stereocenters. The fraction of sp³-hybridized carbons (Fsp3) is 0.467. The van der Waals surface area contributed by atoms with Gasteiger partial charge in [-0.2, -0.15) is 0 Å². The number of ether oxygens (including phenoxy) is 1. The van der Waals surface area contributed by atoms with Crippen molar-refractivity contribution in [2.24, 2.45) is 0 Å². The Kier molecular flexibility index (Phi) is 4.36. The molecule has 0 bridgehead atoms. The third-order valence-corrected chi connectivity index (χ3v) is 3.91. The minimum Gasteiger partial charge on any atom is -0.396 e. The molecule has 5 heteroatoms. The van der Waals surface area contributed by atoms with Gasteiger partial charge in [-0.25, -0.2) is 4.39 Å². The van der Waals surface area contributed by atoms with Crippen molar-refractivity contribution in [3.8, 4) is 11.5 Å². The van der Waals surface area contributed by atoms with E-state index in [1.54, 1.807) is 6.07 Å². The maximum atomic E-state index is 13.7. The zero-order chi connectivity index (χ0) is 14.8. The first-order valence-corrected chi connectivity index (χ1v) is 10.3. The topological polar surface area (TPSA) is 38.5 Å². The first-order chi connectivity index (χ1) is 9.37. The van der Waals surface area contributed by atoms with Gasteiger partial charge in [0.05, 0.1) is 30.2 Å². The number of hydrogen-bond donors (Lipinski definition) is 1. The standard InChI is InChI=1S/C15H21FN2OSi/c1-20(2,3)9-4-12-10-13(16)14(17)11-15(12)18-5-7-19-8-6-18/h10-11H,5-8,17H2,1-3H3. The Morgan fingerprint density at radius 2 is 1.90 bits per heavy atom. The highest BCUT2D eigenvalue weighted by molar-refractivity contribution is 6.83. The zero-order valence-corrected chi connectivity index (χ0v) is 13.3. The van der Waals surface area contributed by atoms with Crippen LogP contribution in [0.25, 0.3) is 0 Å². The predicted molar refractivity (Wildman–Crippen MR) is 84.1 cm³/mol. The summed E-state index contributed by atoms with van der Waals surface area (Å²) in [5.41, 5.74) is 10.8. The summed E-state index contributed by atoms with van der Waals surface area (Å²) >= 11 is 0. The maximum Gasteiger partial charge on any atom is 0.147 e. The summed E-state index contributed by atoms with van der Waals surface area (Å²) in [6.45, 7) is 9.43. The second-order valence-corrected chi connectivity index (χ2v) is 10.7. The van der Waals surface area contributed by atoms with Crippen LogP contribution >= 0.6 is 0 Å². The van der Waals surface area contributed by atoms with Gasteiger partial charge in [0.25, 0.3) is 0 Å². The molecule has 20 heavy (non-hydrogen) atoms. The van der Waals surface area contributed by atoms with E-state index < -0.39 is 13.9 Å². The van der Waals surface area contributed by atoms with Gasteiger partial charge in [0, 0.05) is 13.1 Å². The van der Waals surface area contributed by atoms with Gasteiger partial charge in [-0.1, -0.05) is 25.6 Å². The van der Waals surface area contributed by atoms with Crippen molar-refractivity contribution in [1.29, 1.82) is 0 Å². The van der Waals surface area contributed by atoms with Gasteiger partial charge in [-0.05, 0) is 12.1 Å². The predicted octanol–water partition coefficient (Wildman–Crippen LogP) is 2.47. The Morgan fingerprint density at radius 1 is 1.25 bits per heavy atom. The molecule has 0 radical (unpaired) electrons. The van der Waals surface area contributed by atoms with Gasteiger partial charge in [-0.15, -0.1) is 5.54 Å². The number of nitrogens with two attached hydrogens (primary N) is 1. The Bertz CT molecular complexity index is 551. The molecule has 1 fully saturated rings. The highest BCUT2D eigenvalue weighted by Gasteiger charge is 2.17. The number of halogens is 1. The molecule has 1 heterocycles. The van der Waals surface area contributed by atoms with E-state index in [1.165, 1.54) is 6.07 Å². The first kappa shape index (κ1) is 14.9. The van der Waals surface area contributed by atoms with Gasteiger partial charge in [0.15, 0.2) is 0 Å². The molecule has 0 atom stereocenters. The van der Waals surface area contributed by atoms with E-state index in [-0.39, 0.29) is 5.69 Å². The normalized spacial score (nSPS) is 15.7. The Hall–Kier alpha value is -1.51. The van der Waals surface area contributed by atoms with Crippen molar-refractivity contribution in [3.63, 3.8) is 0 Å². The summed E-state index contributed by atoms with van der Waals surface area (Å²) in [7, 11) is -1.50. The van der Waals surface area contributed by atoms with Crippen LogP contribution in [0.15, 0.2) is 12.1 Å². The third kappa shape index (κ3) is 3.75. The summed E-state index contributed by atoms with van der Waals surface area (Å²) in [5.74, 6) is 2.75. The molecule has 0 spiro atoms. The minimum atomic E-state index is -1.50. The van der Waals surface area contributed by atoms with Crippen LogP contribution in [0.3, 0.4) is 0 Å². The van der Waals surface area contributed by atoms with Crippen molar-refractivity contribution < 1.29 is 9.13 Å². The SMILES string of the molecule is C[Si](C)(C)C#Cc1cc(F)c(N)cc1N1CCOCC1. The Balaban J connectivity index is 2.42. The molecule has 108 valence electrons. The van der Waals surface area contributed by atoms with Crippen LogP contribution in [0.5, 0.6) is 0 Å². The average molecular weight is 292 g/mol. The fourth-order valence-electron chi connectivity index (χ4n) is 2.00. The van der Waals surface area contributed by atoms with Crippen LogP contribution in [0.4, 0.5) is 15.8 Å². The van der Waals surface area contributed by atoms with E-state index in [2.05, 4.69) is 36.0 Å². The summed E-state index contributed by atoms with van der Waals surface area (Å²) in [4.78, 5) is 2.16. The molecule has 1 saturated heterocycles. The van der Waals surface area contributed by atoms with Crippen molar-refractivity contribution in [1.82, 2.24) is 0 Å². The lowest BCUT2D eigenvalue weighted by molar-refractivity contribution is 0.122. The van der Waals surface area contributed by atoms with Crippen LogP contribution in [0, 0.1) is 17.3 Å². The zero-order valence-electron chi connectivity index (χ0n) is 12.3. The molecule has 1 aromatic carbocycles. The van der Waals surface area contributed by atoms with E-state index in [9.17, 15) is 4.39 Å². The lowest BCUT2D eigenvalue weighted by atomic mass is 10.1. The molecule has 0 amide bonds. The highest BCUT2D eigenvalue weighted by Crippen LogP contribution is 2.26. The number of anilines is 2. The quantitative estimate of drug-likeness (QED) is 0.491. The second kappa shape index (κ2) is 5.86. The summed E-state index contributed by atoms with van der Waals surface area (Å²) in [5, 5.41) is 0. The second-order valence-electron chi connectivity index (χ2n) is 5.99. The van der Waals surface area contributed by atoms with Crippen LogP contribution in [-0.4, -0.2) is 34.4 Å². The lowest BCUT2D eigenvalue weighted by Gasteiger charge is -2.30. The number of hydrogen-bond acceptors (Lipinski definition) is 3. The van der Waals surface area contributed by atoms with E-state index in [0.29, 0.717) is 13.2 Å². The maximum absolute atomic E-state index is 13.7. The molecule has 0 aromatic heterocycles. The van der Waals surface area contributed by atoms with Crippen molar-refractivity contribution in [2.45, 2.75) is 19.6 Å². The van der Waals surface area contributed by atoms with E-state index in [4.69, 9.17) is 10.5 Å². The largest absolute Gasteiger partial charge is 0.396 e. The highest BCUT2D eigenvalue weighted by atomic mass is 28.3. The average Bonchev–Trinajstić information content (AvgIpc) is 2.40. The Morgan fingerprint density at radius 3 is 2.50 bits per heavy atom. The third-order valence-electron chi connectivity index (χ3n) is 3.04. The van der Waals surface area contributed by atoms with Gasteiger partial charge < -0.3 is 15.4 Å². The molecule has 1 aliphatic rings. The number of morpholine rings is 1. The molecular weight excluding hydrogens is 271 g/mol. The van der Waals surface area contributed by atoms with Crippen LogP contribution in [-0.2, 0) is 4.74 Å². The van der Waals surface area contributed by atoms with E-state index >= 15 is 0 Å². The molecular formula is C15H21FN2OSi. The molecule has 2 N–H and O–H groups in total. The van der Waals surface area contributed by atoms with Crippen LogP contribution in [0.2, 0.25) is 19.6 Å². The molecule has 0 aliphatic carbocycles. The minimum absolute atomic E-state index is 0.171. The van der Waals surface area contributed by atoms with Crippen molar-refractivity contribution in [3.05, 3.63) is 23.5 Å². The van der Waals surface area contributed by atoms with Crippen molar-refractivity contribution >= 4 is 19.4 Å². The van der Waals surface area contributed by atoms with E-state index in [1.807, 2.05) is 0 Å². The number of nitrogens with zero attached hydrogens (tertiary/aromatic N) is 1. The smallest absolute Gasteiger partial charge is 0.147 e. The fourth-order valence-corrected chi connectivity index (χ4v) is 2.51. The summed E-state index contributed by atoms with van der Waals surface area (Å²) in [6, 6.07) is 3.14. The van der Waals surface area contributed by atoms with Crippen molar-refractivity contribution in [2.75, 3.05) is 36.9 Å². The molecule has 1 aromatic rings.